The lowest BCUT2D eigenvalue weighted by atomic mass is 9.79. The quantitative estimate of drug-likeness (QED) is 0.704. The summed E-state index contributed by atoms with van der Waals surface area (Å²) in [6.45, 7) is 11.1. The molecule has 2 fully saturated rings. The molecule has 3 heteroatoms. The molecule has 2 saturated heterocycles. The number of piperidine rings is 1. The first kappa shape index (κ1) is 11.4. The van der Waals surface area contributed by atoms with Crippen LogP contribution in [0.2, 0.25) is 0 Å². The van der Waals surface area contributed by atoms with Gasteiger partial charge in [-0.25, -0.2) is 0 Å². The summed E-state index contributed by atoms with van der Waals surface area (Å²) in [7, 11) is 0. The zero-order valence-corrected chi connectivity index (χ0v) is 10.1. The van der Waals surface area contributed by atoms with E-state index in [-0.39, 0.29) is 0 Å². The molecule has 2 rings (SSSR count). The van der Waals surface area contributed by atoms with Crippen LogP contribution in [0.25, 0.3) is 0 Å². The second-order valence-corrected chi connectivity index (χ2v) is 5.37. The van der Waals surface area contributed by atoms with Crippen LogP contribution in [0.5, 0.6) is 0 Å². The molecule has 2 aliphatic heterocycles. The van der Waals surface area contributed by atoms with Crippen LogP contribution in [0.1, 0.15) is 26.7 Å². The van der Waals surface area contributed by atoms with Crippen LogP contribution in [-0.4, -0.2) is 50.3 Å². The highest BCUT2D eigenvalue weighted by molar-refractivity contribution is 4.89. The fourth-order valence-electron chi connectivity index (χ4n) is 2.73. The normalized spacial score (nSPS) is 28.2. The van der Waals surface area contributed by atoms with Crippen molar-refractivity contribution in [2.45, 2.75) is 32.7 Å². The molecule has 0 amide bonds. The van der Waals surface area contributed by atoms with Crippen LogP contribution >= 0.6 is 0 Å². The fourth-order valence-corrected chi connectivity index (χ4v) is 2.73. The van der Waals surface area contributed by atoms with Crippen molar-refractivity contribution in [1.29, 1.82) is 0 Å². The first-order valence-electron chi connectivity index (χ1n) is 6.24. The third-order valence-corrected chi connectivity index (χ3v) is 3.86. The van der Waals surface area contributed by atoms with Crippen molar-refractivity contribution in [2.75, 3.05) is 39.4 Å². The standard InChI is InChI=1S/C12H24N2O/c1-11(2)14-7-8-15-10-12(9-14)3-5-13-6-4-12/h11,13H,3-10H2,1-2H3. The molecule has 0 atom stereocenters. The van der Waals surface area contributed by atoms with Crippen molar-refractivity contribution in [3.05, 3.63) is 0 Å². The molecule has 0 aromatic heterocycles. The Balaban J connectivity index is 2.02. The highest BCUT2D eigenvalue weighted by Gasteiger charge is 2.36. The second-order valence-electron chi connectivity index (χ2n) is 5.37. The Hall–Kier alpha value is -0.120. The molecule has 1 spiro atoms. The van der Waals surface area contributed by atoms with E-state index in [1.165, 1.54) is 19.4 Å². The molecule has 0 radical (unpaired) electrons. The highest BCUT2D eigenvalue weighted by atomic mass is 16.5. The van der Waals surface area contributed by atoms with Gasteiger partial charge in [0.1, 0.15) is 0 Å². The molecule has 2 heterocycles. The van der Waals surface area contributed by atoms with Gasteiger partial charge in [0.05, 0.1) is 13.2 Å². The Labute approximate surface area is 93.2 Å². The van der Waals surface area contributed by atoms with Gasteiger partial charge in [-0.15, -0.1) is 0 Å². The number of nitrogens with one attached hydrogen (secondary N) is 1. The van der Waals surface area contributed by atoms with Crippen LogP contribution in [0.4, 0.5) is 0 Å². The Morgan fingerprint density at radius 3 is 2.67 bits per heavy atom. The van der Waals surface area contributed by atoms with Gasteiger partial charge in [-0.3, -0.25) is 4.90 Å². The van der Waals surface area contributed by atoms with Crippen molar-refractivity contribution >= 4 is 0 Å². The molecule has 15 heavy (non-hydrogen) atoms. The van der Waals surface area contributed by atoms with E-state index >= 15 is 0 Å². The Morgan fingerprint density at radius 2 is 2.00 bits per heavy atom. The molecule has 88 valence electrons. The molecule has 0 aliphatic carbocycles. The minimum atomic E-state index is 0.437. The molecule has 0 aromatic rings. The third kappa shape index (κ3) is 2.71. The molecule has 0 bridgehead atoms. The Kier molecular flexibility index (Phi) is 3.65. The lowest BCUT2D eigenvalue weighted by molar-refractivity contribution is 0.0430. The predicted octanol–water partition coefficient (Wildman–Crippen LogP) is 1.10. The Bertz CT molecular complexity index is 200. The third-order valence-electron chi connectivity index (χ3n) is 3.86. The molecular formula is C12H24N2O. The maximum absolute atomic E-state index is 5.80. The SMILES string of the molecule is CC(C)N1CCOCC2(CCNCC2)C1. The molecular weight excluding hydrogens is 188 g/mol. The van der Waals surface area contributed by atoms with Gasteiger partial charge in [-0.1, -0.05) is 0 Å². The van der Waals surface area contributed by atoms with Gasteiger partial charge in [0.15, 0.2) is 0 Å². The summed E-state index contributed by atoms with van der Waals surface area (Å²) in [5.74, 6) is 0. The number of nitrogens with zero attached hydrogens (tertiary/aromatic N) is 1. The molecule has 0 aromatic carbocycles. The monoisotopic (exact) mass is 212 g/mol. The maximum Gasteiger partial charge on any atom is 0.0593 e. The van der Waals surface area contributed by atoms with Crippen LogP contribution < -0.4 is 5.32 Å². The van der Waals surface area contributed by atoms with Gasteiger partial charge in [-0.05, 0) is 39.8 Å². The van der Waals surface area contributed by atoms with Crippen molar-refractivity contribution in [2.24, 2.45) is 5.41 Å². The first-order chi connectivity index (χ1) is 7.22. The minimum absolute atomic E-state index is 0.437. The lowest BCUT2D eigenvalue weighted by Gasteiger charge is -2.40. The fraction of sp³-hybridized carbons (Fsp3) is 1.00. The van der Waals surface area contributed by atoms with E-state index in [1.54, 1.807) is 0 Å². The van der Waals surface area contributed by atoms with Gasteiger partial charge >= 0.3 is 0 Å². The molecule has 1 N–H and O–H groups in total. The summed E-state index contributed by atoms with van der Waals surface area (Å²) in [6, 6.07) is 0.651. The highest BCUT2D eigenvalue weighted by Crippen LogP contribution is 2.32. The van der Waals surface area contributed by atoms with Crippen molar-refractivity contribution in [3.63, 3.8) is 0 Å². The average molecular weight is 212 g/mol. The molecule has 3 nitrogen and oxygen atoms in total. The van der Waals surface area contributed by atoms with Gasteiger partial charge in [-0.2, -0.15) is 0 Å². The van der Waals surface area contributed by atoms with E-state index in [0.717, 1.165) is 32.8 Å². The number of rotatable bonds is 1. The van der Waals surface area contributed by atoms with E-state index in [0.29, 0.717) is 11.5 Å². The zero-order chi connectivity index (χ0) is 10.7. The smallest absolute Gasteiger partial charge is 0.0593 e. The zero-order valence-electron chi connectivity index (χ0n) is 10.1. The number of ether oxygens (including phenoxy) is 1. The number of hydrogen-bond donors (Lipinski definition) is 1. The van der Waals surface area contributed by atoms with Gasteiger partial charge < -0.3 is 10.1 Å². The van der Waals surface area contributed by atoms with Gasteiger partial charge in [0, 0.05) is 24.5 Å². The summed E-state index contributed by atoms with van der Waals surface area (Å²) in [5, 5.41) is 3.45. The van der Waals surface area contributed by atoms with Crippen molar-refractivity contribution < 1.29 is 4.74 Å². The topological polar surface area (TPSA) is 24.5 Å². The van der Waals surface area contributed by atoms with Crippen molar-refractivity contribution in [1.82, 2.24) is 10.2 Å². The summed E-state index contributed by atoms with van der Waals surface area (Å²) in [4.78, 5) is 2.58. The predicted molar refractivity (Wildman–Crippen MR) is 62.1 cm³/mol. The van der Waals surface area contributed by atoms with E-state index < -0.39 is 0 Å². The maximum atomic E-state index is 5.80. The average Bonchev–Trinajstić information content (AvgIpc) is 2.43. The van der Waals surface area contributed by atoms with Crippen LogP contribution in [0.15, 0.2) is 0 Å². The van der Waals surface area contributed by atoms with E-state index in [2.05, 4.69) is 24.1 Å². The van der Waals surface area contributed by atoms with Crippen LogP contribution in [0, 0.1) is 5.41 Å². The van der Waals surface area contributed by atoms with Gasteiger partial charge in [0.2, 0.25) is 0 Å². The summed E-state index contributed by atoms with van der Waals surface area (Å²) in [6.07, 6.45) is 2.55. The van der Waals surface area contributed by atoms with Gasteiger partial charge in [0.25, 0.3) is 0 Å². The largest absolute Gasteiger partial charge is 0.379 e. The molecule has 2 aliphatic rings. The van der Waals surface area contributed by atoms with Crippen LogP contribution in [0.3, 0.4) is 0 Å². The van der Waals surface area contributed by atoms with E-state index in [1.807, 2.05) is 0 Å². The second kappa shape index (κ2) is 4.81. The first-order valence-corrected chi connectivity index (χ1v) is 6.24. The van der Waals surface area contributed by atoms with Crippen LogP contribution in [-0.2, 0) is 4.74 Å². The van der Waals surface area contributed by atoms with E-state index in [9.17, 15) is 0 Å². The number of hydrogen-bond acceptors (Lipinski definition) is 3. The Morgan fingerprint density at radius 1 is 1.27 bits per heavy atom. The summed E-state index contributed by atoms with van der Waals surface area (Å²) >= 11 is 0. The molecule has 0 unspecified atom stereocenters. The molecule has 0 saturated carbocycles. The summed E-state index contributed by atoms with van der Waals surface area (Å²) < 4.78 is 5.80. The van der Waals surface area contributed by atoms with E-state index in [4.69, 9.17) is 4.74 Å². The lowest BCUT2D eigenvalue weighted by Crippen LogP contribution is -2.47. The summed E-state index contributed by atoms with van der Waals surface area (Å²) in [5.41, 5.74) is 0.437. The van der Waals surface area contributed by atoms with Crippen molar-refractivity contribution in [3.8, 4) is 0 Å². The minimum Gasteiger partial charge on any atom is -0.379 e.